The van der Waals surface area contributed by atoms with Crippen molar-refractivity contribution in [3.05, 3.63) is 81.7 Å². The Balaban J connectivity index is 1.62. The zero-order chi connectivity index (χ0) is 21.3. The molecule has 0 fully saturated rings. The highest BCUT2D eigenvalue weighted by Crippen LogP contribution is 2.35. The minimum Gasteiger partial charge on any atom is -0.325 e. The molecule has 4 rings (SSSR count). The number of fused-ring (bicyclic) bond motifs is 1. The van der Waals surface area contributed by atoms with Crippen LogP contribution in [0.1, 0.15) is 30.2 Å². The molecule has 1 N–H and O–H groups in total. The van der Waals surface area contributed by atoms with Crippen LogP contribution in [0.15, 0.2) is 65.7 Å². The highest BCUT2D eigenvalue weighted by Gasteiger charge is 2.17. The molecule has 1 amide bonds. The van der Waals surface area contributed by atoms with E-state index >= 15 is 0 Å². The van der Waals surface area contributed by atoms with Gasteiger partial charge in [0, 0.05) is 16.1 Å². The summed E-state index contributed by atoms with van der Waals surface area (Å²) in [6.07, 6.45) is 1.46. The summed E-state index contributed by atoms with van der Waals surface area (Å²) in [6.45, 7) is 6.15. The van der Waals surface area contributed by atoms with Crippen molar-refractivity contribution in [3.63, 3.8) is 0 Å². The first-order valence-corrected chi connectivity index (χ1v) is 10.7. The number of anilines is 1. The smallest absolute Gasteiger partial charge is 0.263 e. The predicted molar refractivity (Wildman–Crippen MR) is 123 cm³/mol. The summed E-state index contributed by atoms with van der Waals surface area (Å²) < 4.78 is 1.37. The maximum Gasteiger partial charge on any atom is 0.263 e. The lowest BCUT2D eigenvalue weighted by atomic mass is 10.0. The highest BCUT2D eigenvalue weighted by atomic mass is 32.1. The number of aryl methyl sites for hydroxylation is 1. The third kappa shape index (κ3) is 3.91. The summed E-state index contributed by atoms with van der Waals surface area (Å²) in [5.74, 6) is 0.169. The topological polar surface area (TPSA) is 64.0 Å². The van der Waals surface area contributed by atoms with Crippen LogP contribution in [0, 0.1) is 6.92 Å². The van der Waals surface area contributed by atoms with E-state index in [0.717, 1.165) is 16.0 Å². The second kappa shape index (κ2) is 8.24. The number of carbonyl (C=O) groups excluding carboxylic acids is 1. The number of amides is 1. The Morgan fingerprint density at radius 2 is 1.80 bits per heavy atom. The summed E-state index contributed by atoms with van der Waals surface area (Å²) >= 11 is 1.50. The lowest BCUT2D eigenvalue weighted by Gasteiger charge is -2.10. The number of hydrogen-bond donors (Lipinski definition) is 1. The van der Waals surface area contributed by atoms with Crippen molar-refractivity contribution in [1.82, 2.24) is 9.55 Å². The van der Waals surface area contributed by atoms with Gasteiger partial charge in [-0.05, 0) is 36.1 Å². The van der Waals surface area contributed by atoms with Gasteiger partial charge in [0.15, 0.2) is 0 Å². The molecule has 0 aliphatic carbocycles. The molecule has 2 aromatic carbocycles. The molecule has 0 aliphatic rings. The Morgan fingerprint density at radius 3 is 2.47 bits per heavy atom. The summed E-state index contributed by atoms with van der Waals surface area (Å²) in [4.78, 5) is 31.9. The summed E-state index contributed by atoms with van der Waals surface area (Å²) in [7, 11) is 0. The minimum absolute atomic E-state index is 0.0865. The number of rotatable bonds is 5. The molecule has 0 aliphatic heterocycles. The van der Waals surface area contributed by atoms with Gasteiger partial charge in [-0.1, -0.05) is 56.3 Å². The predicted octanol–water partition coefficient (Wildman–Crippen LogP) is 5.20. The van der Waals surface area contributed by atoms with Crippen molar-refractivity contribution < 1.29 is 4.79 Å². The SMILES string of the molecule is Cc1sc2ncn(CC(=O)Nc3ccc(C(C)C)cc3)c(=O)c2c1-c1ccccc1. The molecule has 4 aromatic rings. The van der Waals surface area contributed by atoms with E-state index in [4.69, 9.17) is 0 Å². The lowest BCUT2D eigenvalue weighted by molar-refractivity contribution is -0.116. The molecule has 0 saturated carbocycles. The Kier molecular flexibility index (Phi) is 5.50. The molecule has 6 heteroatoms. The standard InChI is InChI=1S/C24H23N3O2S/c1-15(2)17-9-11-19(12-10-17)26-20(28)13-27-14-25-23-22(24(27)29)21(16(3)30-23)18-7-5-4-6-8-18/h4-12,14-15H,13H2,1-3H3,(H,26,28). The normalized spacial score (nSPS) is 11.2. The number of nitrogens with zero attached hydrogens (tertiary/aromatic N) is 2. The van der Waals surface area contributed by atoms with Crippen molar-refractivity contribution in [1.29, 1.82) is 0 Å². The largest absolute Gasteiger partial charge is 0.325 e. The van der Waals surface area contributed by atoms with Gasteiger partial charge in [-0.25, -0.2) is 4.98 Å². The molecule has 152 valence electrons. The Bertz CT molecular complexity index is 1260. The van der Waals surface area contributed by atoms with Crippen LogP contribution >= 0.6 is 11.3 Å². The molecule has 2 aromatic heterocycles. The first-order valence-electron chi connectivity index (χ1n) is 9.88. The molecular weight excluding hydrogens is 394 g/mol. The van der Waals surface area contributed by atoms with Crippen LogP contribution in [0.5, 0.6) is 0 Å². The third-order valence-electron chi connectivity index (χ3n) is 5.09. The number of benzene rings is 2. The molecule has 0 unspecified atom stereocenters. The molecule has 0 radical (unpaired) electrons. The molecule has 0 saturated heterocycles. The maximum absolute atomic E-state index is 13.2. The van der Waals surface area contributed by atoms with Crippen LogP contribution < -0.4 is 10.9 Å². The van der Waals surface area contributed by atoms with Crippen LogP contribution in [-0.2, 0) is 11.3 Å². The zero-order valence-electron chi connectivity index (χ0n) is 17.2. The Morgan fingerprint density at radius 1 is 1.10 bits per heavy atom. The fourth-order valence-corrected chi connectivity index (χ4v) is 4.51. The number of carbonyl (C=O) groups is 1. The third-order valence-corrected chi connectivity index (χ3v) is 6.11. The first kappa shape index (κ1) is 20.0. The van der Waals surface area contributed by atoms with E-state index < -0.39 is 0 Å². The van der Waals surface area contributed by atoms with Crippen molar-refractivity contribution in [2.75, 3.05) is 5.32 Å². The minimum atomic E-state index is -0.260. The maximum atomic E-state index is 13.2. The number of aromatic nitrogens is 2. The summed E-state index contributed by atoms with van der Waals surface area (Å²) in [5.41, 5.74) is 3.59. The van der Waals surface area contributed by atoms with Crippen LogP contribution in [0.2, 0.25) is 0 Å². The van der Waals surface area contributed by atoms with Gasteiger partial charge in [0.2, 0.25) is 5.91 Å². The van der Waals surface area contributed by atoms with Gasteiger partial charge in [-0.15, -0.1) is 11.3 Å². The van der Waals surface area contributed by atoms with Crippen LogP contribution in [0.4, 0.5) is 5.69 Å². The van der Waals surface area contributed by atoms with E-state index in [0.29, 0.717) is 21.8 Å². The van der Waals surface area contributed by atoms with Gasteiger partial charge in [0.25, 0.3) is 5.56 Å². The molecule has 5 nitrogen and oxygen atoms in total. The molecule has 30 heavy (non-hydrogen) atoms. The van der Waals surface area contributed by atoms with E-state index in [9.17, 15) is 9.59 Å². The van der Waals surface area contributed by atoms with E-state index in [1.807, 2.05) is 61.5 Å². The first-order chi connectivity index (χ1) is 14.4. The second-order valence-corrected chi connectivity index (χ2v) is 8.79. The van der Waals surface area contributed by atoms with Crippen molar-refractivity contribution in [2.24, 2.45) is 0 Å². The average Bonchev–Trinajstić information content (AvgIpc) is 3.08. The number of thiophene rings is 1. The van der Waals surface area contributed by atoms with Gasteiger partial charge < -0.3 is 5.32 Å². The van der Waals surface area contributed by atoms with Gasteiger partial charge in [-0.3, -0.25) is 14.2 Å². The van der Waals surface area contributed by atoms with Crippen LogP contribution in [-0.4, -0.2) is 15.5 Å². The molecule has 2 heterocycles. The van der Waals surface area contributed by atoms with Gasteiger partial charge in [-0.2, -0.15) is 0 Å². The molecule has 0 atom stereocenters. The Labute approximate surface area is 179 Å². The van der Waals surface area contributed by atoms with Gasteiger partial charge in [0.05, 0.1) is 11.7 Å². The van der Waals surface area contributed by atoms with Crippen LogP contribution in [0.3, 0.4) is 0 Å². The monoisotopic (exact) mass is 417 g/mol. The second-order valence-electron chi connectivity index (χ2n) is 7.58. The zero-order valence-corrected chi connectivity index (χ0v) is 18.0. The van der Waals surface area contributed by atoms with Gasteiger partial charge in [0.1, 0.15) is 11.4 Å². The summed E-state index contributed by atoms with van der Waals surface area (Å²) in [6, 6.07) is 17.6. The molecule has 0 spiro atoms. The quantitative estimate of drug-likeness (QED) is 0.486. The highest BCUT2D eigenvalue weighted by molar-refractivity contribution is 7.19. The Hall–Kier alpha value is -3.25. The fourth-order valence-electron chi connectivity index (χ4n) is 3.51. The van der Waals surface area contributed by atoms with Crippen LogP contribution in [0.25, 0.3) is 21.3 Å². The molecule has 0 bridgehead atoms. The fraction of sp³-hybridized carbons (Fsp3) is 0.208. The van der Waals surface area contributed by atoms with Crippen molar-refractivity contribution in [3.8, 4) is 11.1 Å². The number of hydrogen-bond acceptors (Lipinski definition) is 4. The van der Waals surface area contributed by atoms with Crippen molar-refractivity contribution >= 4 is 33.1 Å². The van der Waals surface area contributed by atoms with Gasteiger partial charge >= 0.3 is 0 Å². The van der Waals surface area contributed by atoms with E-state index in [1.54, 1.807) is 0 Å². The van der Waals surface area contributed by atoms with E-state index in [2.05, 4.69) is 24.1 Å². The van der Waals surface area contributed by atoms with Crippen molar-refractivity contribution in [2.45, 2.75) is 33.2 Å². The average molecular weight is 418 g/mol. The van der Waals surface area contributed by atoms with E-state index in [-0.39, 0.29) is 18.0 Å². The summed E-state index contributed by atoms with van der Waals surface area (Å²) in [5, 5.41) is 3.43. The number of nitrogens with one attached hydrogen (secondary N) is 1. The lowest BCUT2D eigenvalue weighted by Crippen LogP contribution is -2.27. The van der Waals surface area contributed by atoms with E-state index in [1.165, 1.54) is 27.8 Å². The molecular formula is C24H23N3O2S.